The topological polar surface area (TPSA) is 64.3 Å². The fraction of sp³-hybridized carbons (Fsp3) is 0.462. The SMILES string of the molecule is CC(C)(C)OC(=O)Nc1ccc(Cl)cc1C(N)C(F)(F)F. The zero-order chi connectivity index (χ0) is 16.4. The van der Waals surface area contributed by atoms with E-state index in [9.17, 15) is 18.0 Å². The third-order valence-corrected chi connectivity index (χ3v) is 2.57. The second-order valence-electron chi connectivity index (χ2n) is 5.38. The molecule has 1 amide bonds. The molecular weight excluding hydrogens is 309 g/mol. The lowest BCUT2D eigenvalue weighted by molar-refractivity contribution is -0.149. The molecule has 0 saturated heterocycles. The van der Waals surface area contributed by atoms with Crippen LogP contribution in [0.25, 0.3) is 0 Å². The molecule has 0 fully saturated rings. The van der Waals surface area contributed by atoms with Crippen LogP contribution in [0.1, 0.15) is 32.4 Å². The van der Waals surface area contributed by atoms with Gasteiger partial charge in [0.25, 0.3) is 0 Å². The molecule has 1 rings (SSSR count). The number of amides is 1. The highest BCUT2D eigenvalue weighted by Gasteiger charge is 2.39. The lowest BCUT2D eigenvalue weighted by Gasteiger charge is -2.22. The molecule has 21 heavy (non-hydrogen) atoms. The first kappa shape index (κ1) is 17.6. The van der Waals surface area contributed by atoms with Crippen molar-refractivity contribution < 1.29 is 22.7 Å². The average Bonchev–Trinajstić information content (AvgIpc) is 2.26. The minimum absolute atomic E-state index is 0.0828. The Morgan fingerprint density at radius 3 is 2.38 bits per heavy atom. The summed E-state index contributed by atoms with van der Waals surface area (Å²) in [6.45, 7) is 4.91. The van der Waals surface area contributed by atoms with Gasteiger partial charge in [-0.1, -0.05) is 11.6 Å². The quantitative estimate of drug-likeness (QED) is 0.854. The van der Waals surface area contributed by atoms with Gasteiger partial charge in [-0.25, -0.2) is 4.79 Å². The first-order valence-corrected chi connectivity index (χ1v) is 6.39. The number of hydrogen-bond acceptors (Lipinski definition) is 3. The van der Waals surface area contributed by atoms with Gasteiger partial charge in [-0.2, -0.15) is 13.2 Å². The molecule has 0 bridgehead atoms. The maximum absolute atomic E-state index is 12.7. The van der Waals surface area contributed by atoms with Gasteiger partial charge in [0.2, 0.25) is 0 Å². The predicted molar refractivity (Wildman–Crippen MR) is 74.3 cm³/mol. The molecule has 118 valence electrons. The fourth-order valence-corrected chi connectivity index (χ4v) is 1.68. The van der Waals surface area contributed by atoms with Gasteiger partial charge in [-0.15, -0.1) is 0 Å². The molecule has 0 radical (unpaired) electrons. The van der Waals surface area contributed by atoms with Crippen molar-refractivity contribution in [2.24, 2.45) is 5.73 Å². The number of benzene rings is 1. The molecule has 0 aliphatic carbocycles. The van der Waals surface area contributed by atoms with E-state index in [1.807, 2.05) is 0 Å². The van der Waals surface area contributed by atoms with Crippen LogP contribution in [-0.4, -0.2) is 17.9 Å². The number of halogens is 4. The average molecular weight is 325 g/mol. The van der Waals surface area contributed by atoms with Crippen LogP contribution in [0.3, 0.4) is 0 Å². The van der Waals surface area contributed by atoms with E-state index in [0.717, 1.165) is 6.07 Å². The normalized spacial score (nSPS) is 13.7. The van der Waals surface area contributed by atoms with Gasteiger partial charge in [0.15, 0.2) is 0 Å². The maximum atomic E-state index is 12.7. The molecular formula is C13H16ClF3N2O2. The Hall–Kier alpha value is -1.47. The molecule has 3 N–H and O–H groups in total. The second-order valence-corrected chi connectivity index (χ2v) is 5.81. The first-order chi connectivity index (χ1) is 9.40. The lowest BCUT2D eigenvalue weighted by atomic mass is 10.0. The monoisotopic (exact) mass is 324 g/mol. The van der Waals surface area contributed by atoms with E-state index in [2.05, 4.69) is 5.32 Å². The van der Waals surface area contributed by atoms with E-state index in [4.69, 9.17) is 22.1 Å². The minimum Gasteiger partial charge on any atom is -0.444 e. The van der Waals surface area contributed by atoms with E-state index in [1.165, 1.54) is 12.1 Å². The standard InChI is InChI=1S/C13H16ClF3N2O2/c1-12(2,3)21-11(20)19-9-5-4-7(14)6-8(9)10(18)13(15,16)17/h4-6,10H,18H2,1-3H3,(H,19,20). The molecule has 0 heterocycles. The molecule has 1 atom stereocenters. The van der Waals surface area contributed by atoms with Gasteiger partial charge >= 0.3 is 12.3 Å². The summed E-state index contributed by atoms with van der Waals surface area (Å²) >= 11 is 5.69. The predicted octanol–water partition coefficient (Wildman–Crippen LogP) is 4.25. The third kappa shape index (κ3) is 5.43. The molecule has 0 saturated carbocycles. The summed E-state index contributed by atoms with van der Waals surface area (Å²) in [7, 11) is 0. The zero-order valence-electron chi connectivity index (χ0n) is 11.7. The number of nitrogens with two attached hydrogens (primary N) is 1. The Labute approximate surface area is 125 Å². The molecule has 0 aliphatic heterocycles. The van der Waals surface area contributed by atoms with E-state index in [-0.39, 0.29) is 16.3 Å². The number of nitrogens with one attached hydrogen (secondary N) is 1. The Morgan fingerprint density at radius 2 is 1.90 bits per heavy atom. The minimum atomic E-state index is -4.66. The van der Waals surface area contributed by atoms with E-state index in [1.54, 1.807) is 20.8 Å². The van der Waals surface area contributed by atoms with E-state index < -0.39 is 23.9 Å². The number of carbonyl (C=O) groups excluding carboxylic acids is 1. The molecule has 1 aromatic carbocycles. The first-order valence-electron chi connectivity index (χ1n) is 6.02. The summed E-state index contributed by atoms with van der Waals surface area (Å²) in [5, 5.41) is 2.33. The molecule has 8 heteroatoms. The van der Waals surface area contributed by atoms with Gasteiger partial charge < -0.3 is 10.5 Å². The van der Waals surface area contributed by atoms with Gasteiger partial charge in [0.1, 0.15) is 11.6 Å². The smallest absolute Gasteiger partial charge is 0.412 e. The van der Waals surface area contributed by atoms with Crippen LogP contribution in [-0.2, 0) is 4.74 Å². The summed E-state index contributed by atoms with van der Waals surface area (Å²) in [5.74, 6) is 0. The summed E-state index contributed by atoms with van der Waals surface area (Å²) in [6, 6.07) is 1.39. The summed E-state index contributed by atoms with van der Waals surface area (Å²) in [4.78, 5) is 11.6. The van der Waals surface area contributed by atoms with Crippen molar-refractivity contribution in [3.8, 4) is 0 Å². The number of hydrogen-bond donors (Lipinski definition) is 2. The van der Waals surface area contributed by atoms with Crippen LogP contribution in [0, 0.1) is 0 Å². The Bertz CT molecular complexity index is 527. The summed E-state index contributed by atoms with van der Waals surface area (Å²) in [5.41, 5.74) is 3.96. The van der Waals surface area contributed by atoms with Crippen LogP contribution in [0.15, 0.2) is 18.2 Å². The lowest BCUT2D eigenvalue weighted by Crippen LogP contribution is -2.31. The van der Waals surface area contributed by atoms with Crippen LogP contribution >= 0.6 is 11.6 Å². The van der Waals surface area contributed by atoms with Crippen LogP contribution in [0.2, 0.25) is 5.02 Å². The molecule has 1 unspecified atom stereocenters. The van der Waals surface area contributed by atoms with Crippen LogP contribution < -0.4 is 11.1 Å². The largest absolute Gasteiger partial charge is 0.444 e. The van der Waals surface area contributed by atoms with Gasteiger partial charge in [0.05, 0.1) is 0 Å². The third-order valence-electron chi connectivity index (χ3n) is 2.34. The van der Waals surface area contributed by atoms with Crippen molar-refractivity contribution in [1.82, 2.24) is 0 Å². The number of alkyl halides is 3. The van der Waals surface area contributed by atoms with Crippen LogP contribution in [0.4, 0.5) is 23.7 Å². The van der Waals surface area contributed by atoms with Crippen LogP contribution in [0.5, 0.6) is 0 Å². The van der Waals surface area contributed by atoms with Crippen molar-refractivity contribution in [2.75, 3.05) is 5.32 Å². The van der Waals surface area contributed by atoms with Crippen molar-refractivity contribution in [1.29, 1.82) is 0 Å². The second kappa shape index (κ2) is 6.11. The Balaban J connectivity index is 3.05. The maximum Gasteiger partial charge on any atom is 0.412 e. The molecule has 0 aromatic heterocycles. The molecule has 0 aliphatic rings. The number of ether oxygens (including phenoxy) is 1. The Morgan fingerprint density at radius 1 is 1.33 bits per heavy atom. The zero-order valence-corrected chi connectivity index (χ0v) is 12.5. The van der Waals surface area contributed by atoms with Gasteiger partial charge in [-0.3, -0.25) is 5.32 Å². The van der Waals surface area contributed by atoms with Crippen molar-refractivity contribution in [2.45, 2.75) is 38.6 Å². The van der Waals surface area contributed by atoms with Crippen molar-refractivity contribution in [3.05, 3.63) is 28.8 Å². The number of anilines is 1. The molecule has 0 spiro atoms. The fourth-order valence-electron chi connectivity index (χ4n) is 1.49. The number of rotatable bonds is 2. The van der Waals surface area contributed by atoms with E-state index >= 15 is 0 Å². The highest BCUT2D eigenvalue weighted by atomic mass is 35.5. The number of carbonyl (C=O) groups is 1. The highest BCUT2D eigenvalue weighted by molar-refractivity contribution is 6.30. The summed E-state index contributed by atoms with van der Waals surface area (Å²) < 4.78 is 43.2. The molecule has 4 nitrogen and oxygen atoms in total. The Kier molecular flexibility index (Phi) is 5.11. The van der Waals surface area contributed by atoms with E-state index in [0.29, 0.717) is 0 Å². The van der Waals surface area contributed by atoms with Crippen molar-refractivity contribution in [3.63, 3.8) is 0 Å². The van der Waals surface area contributed by atoms with Gasteiger partial charge in [0, 0.05) is 16.3 Å². The summed E-state index contributed by atoms with van der Waals surface area (Å²) in [6.07, 6.45) is -5.53. The highest BCUT2D eigenvalue weighted by Crippen LogP contribution is 2.35. The van der Waals surface area contributed by atoms with Gasteiger partial charge in [-0.05, 0) is 39.0 Å². The van der Waals surface area contributed by atoms with Crippen molar-refractivity contribution >= 4 is 23.4 Å². The molecule has 1 aromatic rings.